The van der Waals surface area contributed by atoms with Crippen LogP contribution in [0.1, 0.15) is 53.4 Å². The second-order valence-corrected chi connectivity index (χ2v) is 9.24. The lowest BCUT2D eigenvalue weighted by atomic mass is 9.49. The maximum Gasteiger partial charge on any atom is 0.303 e. The largest absolute Gasteiger partial charge is 0.451 e. The van der Waals surface area contributed by atoms with Gasteiger partial charge in [-0.15, -0.1) is 0 Å². The number of carbonyl (C=O) groups excluding carboxylic acids is 3. The van der Waals surface area contributed by atoms with Gasteiger partial charge in [0.1, 0.15) is 0 Å². The van der Waals surface area contributed by atoms with Crippen molar-refractivity contribution >= 4 is 17.5 Å². The number of Topliss-reactive ketones (excluding diaryl/α,β-unsaturated/α-hetero) is 1. The molecule has 0 bridgehead atoms. The molecule has 4 nitrogen and oxygen atoms in total. The van der Waals surface area contributed by atoms with E-state index in [2.05, 4.69) is 32.1 Å². The minimum Gasteiger partial charge on any atom is -0.451 e. The minimum atomic E-state index is -1.00. The molecule has 0 amide bonds. The summed E-state index contributed by atoms with van der Waals surface area (Å²) < 4.78 is 5.78. The van der Waals surface area contributed by atoms with E-state index in [9.17, 15) is 14.4 Å². The molecule has 4 heteroatoms. The third-order valence-corrected chi connectivity index (χ3v) is 8.12. The Kier molecular flexibility index (Phi) is 3.93. The molecule has 2 fully saturated rings. The zero-order chi connectivity index (χ0) is 19.6. The molecule has 0 spiro atoms. The molecule has 0 radical (unpaired) electrons. The lowest BCUT2D eigenvalue weighted by Gasteiger charge is -2.56. The van der Waals surface area contributed by atoms with E-state index in [1.807, 2.05) is 0 Å². The van der Waals surface area contributed by atoms with Crippen molar-refractivity contribution in [1.82, 2.24) is 0 Å². The van der Waals surface area contributed by atoms with Crippen LogP contribution in [0.2, 0.25) is 0 Å². The summed E-state index contributed by atoms with van der Waals surface area (Å²) in [5.74, 6) is 0.657. The molecule has 0 aromatic carbocycles. The second-order valence-electron chi connectivity index (χ2n) is 9.24. The van der Waals surface area contributed by atoms with Crippen molar-refractivity contribution in [3.63, 3.8) is 0 Å². The number of carbonyl (C=O) groups is 3. The van der Waals surface area contributed by atoms with Crippen LogP contribution in [0.15, 0.2) is 36.0 Å². The van der Waals surface area contributed by atoms with Crippen molar-refractivity contribution in [2.75, 3.05) is 0 Å². The molecule has 0 aromatic rings. The van der Waals surface area contributed by atoms with Crippen LogP contribution >= 0.6 is 0 Å². The van der Waals surface area contributed by atoms with Gasteiger partial charge in [-0.25, -0.2) is 0 Å². The van der Waals surface area contributed by atoms with E-state index < -0.39 is 5.60 Å². The summed E-state index contributed by atoms with van der Waals surface area (Å²) in [7, 11) is 0. The standard InChI is InChI=1S/C23H28O4/c1-14(24)23(27-15(2)25)12-9-20-18-6-5-16-13-17(26)7-10-21(16,3)19(18)8-11-22(20,23)4/h5-7,10,13,18-20H,8-9,11-12H2,1-4H3/t18?,19?,20?,21-,22-,23-/m0/s1. The molecule has 4 aliphatic carbocycles. The van der Waals surface area contributed by atoms with E-state index >= 15 is 0 Å². The van der Waals surface area contributed by atoms with E-state index in [1.165, 1.54) is 6.92 Å². The van der Waals surface area contributed by atoms with Crippen LogP contribution in [0, 0.1) is 28.6 Å². The molecule has 0 heterocycles. The fourth-order valence-corrected chi connectivity index (χ4v) is 6.71. The first-order valence-corrected chi connectivity index (χ1v) is 9.98. The normalized spacial score (nSPS) is 44.8. The average molecular weight is 368 g/mol. The maximum absolute atomic E-state index is 12.7. The molecule has 27 heavy (non-hydrogen) atoms. The quantitative estimate of drug-likeness (QED) is 0.692. The van der Waals surface area contributed by atoms with Crippen molar-refractivity contribution < 1.29 is 19.1 Å². The molecule has 3 unspecified atom stereocenters. The fourth-order valence-electron chi connectivity index (χ4n) is 6.71. The van der Waals surface area contributed by atoms with Gasteiger partial charge < -0.3 is 4.74 Å². The summed E-state index contributed by atoms with van der Waals surface area (Å²) in [4.78, 5) is 36.4. The zero-order valence-corrected chi connectivity index (χ0v) is 16.6. The Labute approximate surface area is 160 Å². The number of ether oxygens (including phenoxy) is 1. The highest BCUT2D eigenvalue weighted by Crippen LogP contribution is 2.66. The highest BCUT2D eigenvalue weighted by molar-refractivity contribution is 6.01. The molecule has 144 valence electrons. The number of ketones is 2. The molecule has 4 rings (SSSR count). The molecule has 0 saturated heterocycles. The van der Waals surface area contributed by atoms with E-state index in [4.69, 9.17) is 4.74 Å². The zero-order valence-electron chi connectivity index (χ0n) is 16.6. The highest BCUT2D eigenvalue weighted by atomic mass is 16.6. The molecule has 0 N–H and O–H groups in total. The van der Waals surface area contributed by atoms with Gasteiger partial charge in [0.15, 0.2) is 17.2 Å². The van der Waals surface area contributed by atoms with Crippen LogP contribution in [0.4, 0.5) is 0 Å². The maximum atomic E-state index is 12.7. The average Bonchev–Trinajstić information content (AvgIpc) is 2.89. The monoisotopic (exact) mass is 368 g/mol. The van der Waals surface area contributed by atoms with E-state index in [1.54, 1.807) is 19.1 Å². The molecule has 0 aromatic heterocycles. The van der Waals surface area contributed by atoms with Crippen molar-refractivity contribution in [3.05, 3.63) is 36.0 Å². The van der Waals surface area contributed by atoms with E-state index in [0.717, 1.165) is 24.8 Å². The van der Waals surface area contributed by atoms with Gasteiger partial charge >= 0.3 is 5.97 Å². The summed E-state index contributed by atoms with van der Waals surface area (Å²) in [5, 5.41) is 0. The summed E-state index contributed by atoms with van der Waals surface area (Å²) in [6.07, 6.45) is 13.2. The summed E-state index contributed by atoms with van der Waals surface area (Å²) in [5.41, 5.74) is -0.396. The van der Waals surface area contributed by atoms with Crippen molar-refractivity contribution in [1.29, 1.82) is 0 Å². The lowest BCUT2D eigenvalue weighted by molar-refractivity contribution is -0.184. The predicted octanol–water partition coefficient (Wildman–Crippen LogP) is 3.96. The van der Waals surface area contributed by atoms with Gasteiger partial charge in [-0.05, 0) is 68.1 Å². The fraction of sp³-hybridized carbons (Fsp3) is 0.609. The molecular formula is C23H28O4. The number of fused-ring (bicyclic) bond motifs is 5. The SMILES string of the molecule is CC(=O)O[C@]1(C(C)=O)CCC2C3C=CC4=CC(=O)C=C[C@]4(C)C3CC[C@@]21C. The molecule has 4 aliphatic rings. The third-order valence-electron chi connectivity index (χ3n) is 8.12. The predicted molar refractivity (Wildman–Crippen MR) is 102 cm³/mol. The smallest absolute Gasteiger partial charge is 0.303 e. The van der Waals surface area contributed by atoms with Crippen LogP contribution in [0.5, 0.6) is 0 Å². The van der Waals surface area contributed by atoms with Crippen molar-refractivity contribution in [3.8, 4) is 0 Å². The van der Waals surface area contributed by atoms with Gasteiger partial charge in [0.25, 0.3) is 0 Å². The van der Waals surface area contributed by atoms with Crippen LogP contribution in [0.25, 0.3) is 0 Å². The summed E-state index contributed by atoms with van der Waals surface area (Å²) >= 11 is 0. The number of allylic oxidation sites excluding steroid dienone is 6. The van der Waals surface area contributed by atoms with E-state index in [-0.39, 0.29) is 28.4 Å². The molecule has 6 atom stereocenters. The van der Waals surface area contributed by atoms with Crippen LogP contribution in [0.3, 0.4) is 0 Å². The summed E-state index contributed by atoms with van der Waals surface area (Å²) in [6.45, 7) is 7.34. The Morgan fingerprint density at radius 3 is 2.44 bits per heavy atom. The van der Waals surface area contributed by atoms with Gasteiger partial charge in [-0.2, -0.15) is 0 Å². The van der Waals surface area contributed by atoms with E-state index in [0.29, 0.717) is 24.2 Å². The topological polar surface area (TPSA) is 60.4 Å². The van der Waals surface area contributed by atoms with Crippen LogP contribution in [-0.4, -0.2) is 23.1 Å². The van der Waals surface area contributed by atoms with Crippen molar-refractivity contribution in [2.24, 2.45) is 28.6 Å². The van der Waals surface area contributed by atoms with Crippen LogP contribution in [-0.2, 0) is 19.1 Å². The lowest BCUT2D eigenvalue weighted by Crippen LogP contribution is -2.57. The third kappa shape index (κ3) is 2.31. The minimum absolute atomic E-state index is 0.0316. The Balaban J connectivity index is 1.76. The van der Waals surface area contributed by atoms with Gasteiger partial charge in [0, 0.05) is 17.8 Å². The summed E-state index contributed by atoms with van der Waals surface area (Å²) in [6, 6.07) is 0. The number of hydrogen-bond donors (Lipinski definition) is 0. The first kappa shape index (κ1) is 18.4. The molecule has 2 saturated carbocycles. The Morgan fingerprint density at radius 2 is 1.78 bits per heavy atom. The van der Waals surface area contributed by atoms with Gasteiger partial charge in [-0.3, -0.25) is 14.4 Å². The van der Waals surface area contributed by atoms with Crippen LogP contribution < -0.4 is 0 Å². The first-order chi connectivity index (χ1) is 12.6. The highest BCUT2D eigenvalue weighted by Gasteiger charge is 2.67. The van der Waals surface area contributed by atoms with Gasteiger partial charge in [-0.1, -0.05) is 32.1 Å². The van der Waals surface area contributed by atoms with Gasteiger partial charge in [0.2, 0.25) is 0 Å². The Morgan fingerprint density at radius 1 is 1.07 bits per heavy atom. The number of hydrogen-bond acceptors (Lipinski definition) is 4. The molecule has 0 aliphatic heterocycles. The molecular weight excluding hydrogens is 340 g/mol. The number of esters is 1. The number of rotatable bonds is 2. The second kappa shape index (κ2) is 5.76. The Hall–Kier alpha value is -1.97. The van der Waals surface area contributed by atoms with Crippen molar-refractivity contribution in [2.45, 2.75) is 59.0 Å². The Bertz CT molecular complexity index is 818. The first-order valence-electron chi connectivity index (χ1n) is 9.98. The van der Waals surface area contributed by atoms with Gasteiger partial charge in [0.05, 0.1) is 0 Å².